The first kappa shape index (κ1) is 21.6. The topological polar surface area (TPSA) is 72.5 Å². The lowest BCUT2D eigenvalue weighted by Crippen LogP contribution is -2.37. The lowest BCUT2D eigenvalue weighted by Gasteiger charge is -2.37. The van der Waals surface area contributed by atoms with Gasteiger partial charge in [-0.3, -0.25) is 4.79 Å². The van der Waals surface area contributed by atoms with E-state index in [1.54, 1.807) is 30.3 Å². The van der Waals surface area contributed by atoms with E-state index in [1.165, 1.54) is 0 Å². The Morgan fingerprint density at radius 1 is 1.26 bits per heavy atom. The molecule has 5 nitrogen and oxygen atoms in total. The van der Waals surface area contributed by atoms with Gasteiger partial charge in [0.25, 0.3) is 0 Å². The van der Waals surface area contributed by atoms with Gasteiger partial charge in [0.15, 0.2) is 0 Å². The third-order valence-electron chi connectivity index (χ3n) is 5.36. The molecule has 1 aromatic rings. The van der Waals surface area contributed by atoms with E-state index in [4.69, 9.17) is 4.74 Å². The van der Waals surface area contributed by atoms with Crippen molar-refractivity contribution in [2.75, 3.05) is 13.2 Å². The number of esters is 1. The Balaban J connectivity index is 2.11. The summed E-state index contributed by atoms with van der Waals surface area (Å²) in [6.45, 7) is 8.90. The number of sulfonamides is 1. The van der Waals surface area contributed by atoms with E-state index < -0.39 is 10.0 Å². The Labute approximate surface area is 163 Å². The second kappa shape index (κ2) is 9.51. The molecule has 0 radical (unpaired) electrons. The average Bonchev–Trinajstić information content (AvgIpc) is 2.62. The van der Waals surface area contributed by atoms with Gasteiger partial charge in [-0.25, -0.2) is 13.1 Å². The molecule has 1 aliphatic rings. The highest BCUT2D eigenvalue weighted by Crippen LogP contribution is 2.39. The second-order valence-electron chi connectivity index (χ2n) is 7.59. The highest BCUT2D eigenvalue weighted by molar-refractivity contribution is 7.89. The smallest absolute Gasteiger partial charge is 0.306 e. The summed E-state index contributed by atoms with van der Waals surface area (Å²) in [5, 5.41) is 0. The van der Waals surface area contributed by atoms with Crippen LogP contribution in [0.1, 0.15) is 40.5 Å². The van der Waals surface area contributed by atoms with E-state index in [9.17, 15) is 13.2 Å². The van der Waals surface area contributed by atoms with Gasteiger partial charge >= 0.3 is 5.97 Å². The van der Waals surface area contributed by atoms with Gasteiger partial charge in [-0.05, 0) is 56.1 Å². The molecule has 0 aliphatic heterocycles. The molecule has 1 aliphatic carbocycles. The fourth-order valence-electron chi connectivity index (χ4n) is 3.82. The van der Waals surface area contributed by atoms with E-state index in [0.29, 0.717) is 31.4 Å². The van der Waals surface area contributed by atoms with Crippen molar-refractivity contribution in [2.45, 2.75) is 45.4 Å². The van der Waals surface area contributed by atoms with E-state index in [2.05, 4.69) is 24.6 Å². The summed E-state index contributed by atoms with van der Waals surface area (Å²) in [7, 11) is -3.52. The molecule has 150 valence electrons. The van der Waals surface area contributed by atoms with Crippen molar-refractivity contribution in [3.05, 3.63) is 42.0 Å². The number of carbonyl (C=O) groups is 1. The Morgan fingerprint density at radius 2 is 1.93 bits per heavy atom. The lowest BCUT2D eigenvalue weighted by molar-refractivity contribution is -0.144. The predicted molar refractivity (Wildman–Crippen MR) is 107 cm³/mol. The van der Waals surface area contributed by atoms with E-state index in [1.807, 2.05) is 13.8 Å². The highest BCUT2D eigenvalue weighted by atomic mass is 32.2. The molecule has 6 heteroatoms. The Bertz CT molecular complexity index is 756. The number of hydrogen-bond acceptors (Lipinski definition) is 4. The van der Waals surface area contributed by atoms with Crippen LogP contribution in [0.4, 0.5) is 0 Å². The molecule has 1 aromatic carbocycles. The predicted octanol–water partition coefficient (Wildman–Crippen LogP) is 3.77. The van der Waals surface area contributed by atoms with Crippen LogP contribution < -0.4 is 4.72 Å². The quantitative estimate of drug-likeness (QED) is 0.539. The van der Waals surface area contributed by atoms with Crippen LogP contribution in [-0.2, 0) is 19.6 Å². The minimum Gasteiger partial charge on any atom is -0.466 e. The molecule has 27 heavy (non-hydrogen) atoms. The zero-order valence-electron chi connectivity index (χ0n) is 16.6. The van der Waals surface area contributed by atoms with Gasteiger partial charge in [-0.2, -0.15) is 0 Å². The number of hydrogen-bond donors (Lipinski definition) is 1. The molecule has 0 fully saturated rings. The maximum Gasteiger partial charge on any atom is 0.306 e. The first-order chi connectivity index (χ1) is 12.7. The molecule has 2 rings (SSSR count). The van der Waals surface area contributed by atoms with Crippen LogP contribution in [0.5, 0.6) is 0 Å². The van der Waals surface area contributed by atoms with Crippen LogP contribution in [0.25, 0.3) is 0 Å². The van der Waals surface area contributed by atoms with Gasteiger partial charge in [0.1, 0.15) is 0 Å². The van der Waals surface area contributed by atoms with Crippen LogP contribution in [0.15, 0.2) is 46.9 Å². The first-order valence-corrected chi connectivity index (χ1v) is 11.1. The van der Waals surface area contributed by atoms with Crippen molar-refractivity contribution in [2.24, 2.45) is 23.7 Å². The molecule has 1 N–H and O–H groups in total. The molecular weight excluding hydrogens is 362 g/mol. The molecule has 0 spiro atoms. The van der Waals surface area contributed by atoms with Crippen molar-refractivity contribution in [1.29, 1.82) is 0 Å². The number of benzene rings is 1. The van der Waals surface area contributed by atoms with E-state index in [-0.39, 0.29) is 22.7 Å². The number of ether oxygens (including phenoxy) is 1. The van der Waals surface area contributed by atoms with Crippen LogP contribution in [0, 0.1) is 23.7 Å². The fourth-order valence-corrected chi connectivity index (χ4v) is 4.91. The number of carbonyl (C=O) groups excluding carboxylic acids is 1. The van der Waals surface area contributed by atoms with E-state index in [0.717, 1.165) is 12.0 Å². The molecule has 3 atom stereocenters. The maximum atomic E-state index is 12.5. The van der Waals surface area contributed by atoms with Crippen molar-refractivity contribution in [3.8, 4) is 0 Å². The van der Waals surface area contributed by atoms with Crippen molar-refractivity contribution >= 4 is 16.0 Å². The second-order valence-corrected chi connectivity index (χ2v) is 9.36. The van der Waals surface area contributed by atoms with Gasteiger partial charge in [0.05, 0.1) is 17.9 Å². The summed E-state index contributed by atoms with van der Waals surface area (Å²) in [6, 6.07) is 8.43. The molecule has 0 saturated carbocycles. The van der Waals surface area contributed by atoms with Crippen molar-refractivity contribution in [3.63, 3.8) is 0 Å². The fraction of sp³-hybridized carbons (Fsp3) is 0.571. The minimum atomic E-state index is -3.52. The molecular formula is C21H31NO4S. The average molecular weight is 394 g/mol. The monoisotopic (exact) mass is 393 g/mol. The largest absolute Gasteiger partial charge is 0.466 e. The standard InChI is InChI=1S/C21H31NO4S/c1-5-26-21(23)13-17-12-20(15(2)3)18(11-16(17)4)14-22-27(24,25)19-9-7-6-8-10-19/h6-11,15,17-18,20,22H,5,12-14H2,1-4H3/t17-,18+,20+/m1/s1. The third-order valence-corrected chi connectivity index (χ3v) is 6.80. The van der Waals surface area contributed by atoms with Gasteiger partial charge < -0.3 is 4.74 Å². The summed E-state index contributed by atoms with van der Waals surface area (Å²) in [4.78, 5) is 12.2. The van der Waals surface area contributed by atoms with Crippen LogP contribution in [-0.4, -0.2) is 27.5 Å². The van der Waals surface area contributed by atoms with Crippen LogP contribution in [0.2, 0.25) is 0 Å². The SMILES string of the molecule is CCOC(=O)C[C@H]1C[C@@H](C(C)C)[C@H](CNS(=O)(=O)c2ccccc2)C=C1C. The summed E-state index contributed by atoms with van der Waals surface area (Å²) >= 11 is 0. The maximum absolute atomic E-state index is 12.5. The summed E-state index contributed by atoms with van der Waals surface area (Å²) in [6.07, 6.45) is 3.41. The summed E-state index contributed by atoms with van der Waals surface area (Å²) < 4.78 is 32.9. The number of nitrogens with one attached hydrogen (secondary N) is 1. The van der Waals surface area contributed by atoms with Gasteiger partial charge in [-0.1, -0.05) is 43.7 Å². The van der Waals surface area contributed by atoms with Crippen molar-refractivity contribution in [1.82, 2.24) is 4.72 Å². The third kappa shape index (κ3) is 5.91. The van der Waals surface area contributed by atoms with Crippen molar-refractivity contribution < 1.29 is 17.9 Å². The molecule has 0 saturated heterocycles. The molecule has 0 unspecified atom stereocenters. The first-order valence-electron chi connectivity index (χ1n) is 9.63. The number of allylic oxidation sites excluding steroid dienone is 1. The van der Waals surface area contributed by atoms with Gasteiger partial charge in [0.2, 0.25) is 10.0 Å². The molecule has 0 heterocycles. The van der Waals surface area contributed by atoms with Gasteiger partial charge in [0, 0.05) is 6.54 Å². The van der Waals surface area contributed by atoms with E-state index >= 15 is 0 Å². The molecule has 0 amide bonds. The summed E-state index contributed by atoms with van der Waals surface area (Å²) in [5.41, 5.74) is 1.14. The molecule has 0 aromatic heterocycles. The lowest BCUT2D eigenvalue weighted by atomic mass is 9.70. The summed E-state index contributed by atoms with van der Waals surface area (Å²) in [5.74, 6) is 0.818. The normalized spacial score (nSPS) is 23.1. The Hall–Kier alpha value is -1.66. The Morgan fingerprint density at radius 3 is 2.52 bits per heavy atom. The zero-order chi connectivity index (χ0) is 20.0. The minimum absolute atomic E-state index is 0.113. The molecule has 0 bridgehead atoms. The number of rotatable bonds is 8. The van der Waals surface area contributed by atoms with Gasteiger partial charge in [-0.15, -0.1) is 0 Å². The highest BCUT2D eigenvalue weighted by Gasteiger charge is 2.33. The Kier molecular flexibility index (Phi) is 7.62. The van der Waals surface area contributed by atoms with Crippen LogP contribution >= 0.6 is 0 Å². The zero-order valence-corrected chi connectivity index (χ0v) is 17.5. The van der Waals surface area contributed by atoms with Crippen LogP contribution in [0.3, 0.4) is 0 Å².